The van der Waals surface area contributed by atoms with E-state index in [1.54, 1.807) is 0 Å². The number of ether oxygens (including phenoxy) is 2. The Kier molecular flexibility index (Phi) is 7.30. The fraction of sp³-hybridized carbons (Fsp3) is 0.882. The number of carbonyl (C=O) groups excluding carboxylic acids is 2. The van der Waals surface area contributed by atoms with Gasteiger partial charge in [-0.1, -0.05) is 19.3 Å². The van der Waals surface area contributed by atoms with Crippen LogP contribution < -0.4 is 10.6 Å². The molecule has 1 atom stereocenters. The summed E-state index contributed by atoms with van der Waals surface area (Å²) in [5.74, 6) is -0.154. The van der Waals surface area contributed by atoms with E-state index in [1.807, 2.05) is 6.92 Å². The second kappa shape index (κ2) is 9.23. The van der Waals surface area contributed by atoms with Crippen LogP contribution in [0, 0.1) is 0 Å². The minimum absolute atomic E-state index is 0.0478. The van der Waals surface area contributed by atoms with E-state index < -0.39 is 5.54 Å². The smallest absolute Gasteiger partial charge is 0.245 e. The van der Waals surface area contributed by atoms with Gasteiger partial charge in [0.2, 0.25) is 11.8 Å². The Morgan fingerprint density at radius 2 is 2.00 bits per heavy atom. The van der Waals surface area contributed by atoms with Gasteiger partial charge in [-0.3, -0.25) is 9.59 Å². The van der Waals surface area contributed by atoms with Gasteiger partial charge in [-0.2, -0.15) is 0 Å². The SMILES string of the molecule is CCNC(=O)C1(NC(=O)CCOCC2CCCO2)CCCCC1. The van der Waals surface area contributed by atoms with Crippen LogP contribution in [0.2, 0.25) is 0 Å². The first-order valence-electron chi connectivity index (χ1n) is 8.95. The van der Waals surface area contributed by atoms with Crippen LogP contribution in [0.5, 0.6) is 0 Å². The first-order chi connectivity index (χ1) is 11.2. The average molecular weight is 326 g/mol. The van der Waals surface area contributed by atoms with Crippen LogP contribution in [0.3, 0.4) is 0 Å². The Morgan fingerprint density at radius 1 is 1.22 bits per heavy atom. The lowest BCUT2D eigenvalue weighted by atomic mass is 9.80. The molecule has 23 heavy (non-hydrogen) atoms. The molecule has 0 radical (unpaired) electrons. The normalized spacial score (nSPS) is 23.4. The third-order valence-corrected chi connectivity index (χ3v) is 4.66. The van der Waals surface area contributed by atoms with Crippen molar-refractivity contribution in [3.63, 3.8) is 0 Å². The topological polar surface area (TPSA) is 76.7 Å². The molecule has 1 heterocycles. The quantitative estimate of drug-likeness (QED) is 0.663. The molecule has 0 spiro atoms. The lowest BCUT2D eigenvalue weighted by Crippen LogP contribution is -2.59. The average Bonchev–Trinajstić information content (AvgIpc) is 3.06. The molecule has 1 saturated carbocycles. The van der Waals surface area contributed by atoms with Gasteiger partial charge in [0.1, 0.15) is 5.54 Å². The highest BCUT2D eigenvalue weighted by atomic mass is 16.5. The number of amides is 2. The largest absolute Gasteiger partial charge is 0.378 e. The third-order valence-electron chi connectivity index (χ3n) is 4.66. The summed E-state index contributed by atoms with van der Waals surface area (Å²) >= 11 is 0. The molecule has 2 amide bonds. The molecule has 2 fully saturated rings. The maximum Gasteiger partial charge on any atom is 0.245 e. The van der Waals surface area contributed by atoms with Gasteiger partial charge in [-0.25, -0.2) is 0 Å². The van der Waals surface area contributed by atoms with Crippen molar-refractivity contribution in [2.75, 3.05) is 26.4 Å². The van der Waals surface area contributed by atoms with E-state index in [2.05, 4.69) is 10.6 Å². The number of nitrogens with one attached hydrogen (secondary N) is 2. The number of likely N-dealkylation sites (N-methyl/N-ethyl adjacent to an activating group) is 1. The monoisotopic (exact) mass is 326 g/mol. The van der Waals surface area contributed by atoms with E-state index in [4.69, 9.17) is 9.47 Å². The highest BCUT2D eigenvalue weighted by Gasteiger charge is 2.40. The first-order valence-corrected chi connectivity index (χ1v) is 8.95. The minimum Gasteiger partial charge on any atom is -0.378 e. The van der Waals surface area contributed by atoms with Crippen molar-refractivity contribution >= 4 is 11.8 Å². The van der Waals surface area contributed by atoms with Gasteiger partial charge in [0.05, 0.1) is 19.3 Å². The van der Waals surface area contributed by atoms with Crippen LogP contribution >= 0.6 is 0 Å². The van der Waals surface area contributed by atoms with Gasteiger partial charge in [-0.05, 0) is 32.6 Å². The molecule has 132 valence electrons. The summed E-state index contributed by atoms with van der Waals surface area (Å²) in [5, 5.41) is 5.85. The van der Waals surface area contributed by atoms with E-state index in [1.165, 1.54) is 0 Å². The Hall–Kier alpha value is -1.14. The standard InChI is InChI=1S/C17H30N2O4/c1-2-18-16(21)17(9-4-3-5-10-17)19-15(20)8-12-22-13-14-7-6-11-23-14/h14H,2-13H2,1H3,(H,18,21)(H,19,20). The summed E-state index contributed by atoms with van der Waals surface area (Å²) in [6.07, 6.45) is 7.12. The van der Waals surface area contributed by atoms with Crippen LogP contribution in [0.4, 0.5) is 0 Å². The lowest BCUT2D eigenvalue weighted by molar-refractivity contribution is -0.135. The van der Waals surface area contributed by atoms with Crippen LogP contribution in [-0.2, 0) is 19.1 Å². The molecule has 6 nitrogen and oxygen atoms in total. The Balaban J connectivity index is 1.74. The Labute approximate surface area is 138 Å². The second-order valence-corrected chi connectivity index (χ2v) is 6.51. The number of carbonyl (C=O) groups is 2. The predicted octanol–water partition coefficient (Wildman–Crippen LogP) is 1.53. The van der Waals surface area contributed by atoms with E-state index >= 15 is 0 Å². The van der Waals surface area contributed by atoms with Gasteiger partial charge in [0.15, 0.2) is 0 Å². The molecule has 1 aliphatic heterocycles. The molecular formula is C17H30N2O4. The zero-order valence-electron chi connectivity index (χ0n) is 14.2. The van der Waals surface area contributed by atoms with E-state index in [9.17, 15) is 9.59 Å². The molecule has 0 aromatic heterocycles. The number of hydrogen-bond acceptors (Lipinski definition) is 4. The highest BCUT2D eigenvalue weighted by molar-refractivity contribution is 5.91. The van der Waals surface area contributed by atoms with Crippen molar-refractivity contribution in [3.05, 3.63) is 0 Å². The molecule has 0 aromatic carbocycles. The number of hydrogen-bond donors (Lipinski definition) is 2. The molecule has 0 aromatic rings. The number of rotatable bonds is 8. The van der Waals surface area contributed by atoms with E-state index in [0.717, 1.165) is 51.6 Å². The molecule has 2 N–H and O–H groups in total. The van der Waals surface area contributed by atoms with Crippen molar-refractivity contribution in [1.29, 1.82) is 0 Å². The van der Waals surface area contributed by atoms with Gasteiger partial charge in [0, 0.05) is 19.6 Å². The molecule has 1 unspecified atom stereocenters. The summed E-state index contributed by atoms with van der Waals surface area (Å²) in [5.41, 5.74) is -0.722. The van der Waals surface area contributed by atoms with Crippen molar-refractivity contribution in [3.8, 4) is 0 Å². The summed E-state index contributed by atoms with van der Waals surface area (Å²) in [6, 6.07) is 0. The van der Waals surface area contributed by atoms with Gasteiger partial charge >= 0.3 is 0 Å². The molecule has 2 rings (SSSR count). The highest BCUT2D eigenvalue weighted by Crippen LogP contribution is 2.28. The van der Waals surface area contributed by atoms with Gasteiger partial charge in [-0.15, -0.1) is 0 Å². The lowest BCUT2D eigenvalue weighted by Gasteiger charge is -2.36. The van der Waals surface area contributed by atoms with Crippen LogP contribution in [0.25, 0.3) is 0 Å². The maximum atomic E-state index is 12.4. The molecule has 0 bridgehead atoms. The second-order valence-electron chi connectivity index (χ2n) is 6.51. The zero-order valence-corrected chi connectivity index (χ0v) is 14.2. The summed E-state index contributed by atoms with van der Waals surface area (Å²) in [6.45, 7) is 4.21. The molecular weight excluding hydrogens is 296 g/mol. The maximum absolute atomic E-state index is 12.4. The molecule has 2 aliphatic rings. The predicted molar refractivity (Wildman–Crippen MR) is 87.1 cm³/mol. The summed E-state index contributed by atoms with van der Waals surface area (Å²) in [7, 11) is 0. The molecule has 1 aliphatic carbocycles. The Bertz CT molecular complexity index is 388. The van der Waals surface area contributed by atoms with Crippen LogP contribution in [0.15, 0.2) is 0 Å². The first kappa shape index (κ1) is 18.2. The van der Waals surface area contributed by atoms with Crippen molar-refractivity contribution in [2.24, 2.45) is 0 Å². The Morgan fingerprint density at radius 3 is 2.65 bits per heavy atom. The fourth-order valence-corrected chi connectivity index (χ4v) is 3.38. The van der Waals surface area contributed by atoms with Crippen molar-refractivity contribution < 1.29 is 19.1 Å². The fourth-order valence-electron chi connectivity index (χ4n) is 3.38. The summed E-state index contributed by atoms with van der Waals surface area (Å²) in [4.78, 5) is 24.6. The zero-order chi connectivity index (χ0) is 16.5. The van der Waals surface area contributed by atoms with Crippen molar-refractivity contribution in [1.82, 2.24) is 10.6 Å². The van der Waals surface area contributed by atoms with Gasteiger partial charge < -0.3 is 20.1 Å². The van der Waals surface area contributed by atoms with Crippen LogP contribution in [0.1, 0.15) is 58.3 Å². The molecule has 1 saturated heterocycles. The van der Waals surface area contributed by atoms with Gasteiger partial charge in [0.25, 0.3) is 0 Å². The van der Waals surface area contributed by atoms with E-state index in [0.29, 0.717) is 19.8 Å². The minimum atomic E-state index is -0.722. The van der Waals surface area contributed by atoms with Crippen LogP contribution in [-0.4, -0.2) is 49.8 Å². The van der Waals surface area contributed by atoms with Crippen molar-refractivity contribution in [2.45, 2.75) is 69.9 Å². The van der Waals surface area contributed by atoms with E-state index in [-0.39, 0.29) is 24.3 Å². The molecule has 6 heteroatoms. The third kappa shape index (κ3) is 5.46. The summed E-state index contributed by atoms with van der Waals surface area (Å²) < 4.78 is 11.0.